The van der Waals surface area contributed by atoms with Crippen molar-refractivity contribution in [3.63, 3.8) is 0 Å². The molecule has 2 heterocycles. The number of aliphatic imine (C=N–C) groups is 1. The van der Waals surface area contributed by atoms with Crippen molar-refractivity contribution in [2.24, 2.45) is 4.99 Å². The highest BCUT2D eigenvalue weighted by atomic mass is 16.1. The Balaban J connectivity index is 2.69. The highest BCUT2D eigenvalue weighted by Crippen LogP contribution is 2.16. The maximum Gasteiger partial charge on any atom is 0.276 e. The summed E-state index contributed by atoms with van der Waals surface area (Å²) >= 11 is 0. The van der Waals surface area contributed by atoms with Crippen LogP contribution in [0.4, 0.5) is 11.5 Å². The monoisotopic (exact) mass is 150 g/mol. The van der Waals surface area contributed by atoms with Gasteiger partial charge in [-0.1, -0.05) is 0 Å². The molecule has 11 heavy (non-hydrogen) atoms. The molecule has 0 fully saturated rings. The fourth-order valence-corrected chi connectivity index (χ4v) is 0.927. The highest BCUT2D eigenvalue weighted by Gasteiger charge is 2.08. The zero-order valence-corrected chi connectivity index (χ0v) is 5.66. The van der Waals surface area contributed by atoms with Crippen LogP contribution in [0, 0.1) is 0 Å². The van der Waals surface area contributed by atoms with Crippen LogP contribution in [-0.2, 0) is 0 Å². The SMILES string of the molecule is O=c1[nH]cnc2c1NCC=N2. The first-order valence-corrected chi connectivity index (χ1v) is 3.22. The van der Waals surface area contributed by atoms with Crippen LogP contribution in [0.15, 0.2) is 16.1 Å². The van der Waals surface area contributed by atoms with Gasteiger partial charge in [0, 0.05) is 6.21 Å². The summed E-state index contributed by atoms with van der Waals surface area (Å²) in [6, 6.07) is 0. The summed E-state index contributed by atoms with van der Waals surface area (Å²) in [6.07, 6.45) is 3.01. The van der Waals surface area contributed by atoms with Crippen molar-refractivity contribution < 1.29 is 0 Å². The number of nitrogens with zero attached hydrogens (tertiary/aromatic N) is 2. The summed E-state index contributed by atoms with van der Waals surface area (Å²) in [6.45, 7) is 0.585. The molecule has 0 aromatic carbocycles. The minimum absolute atomic E-state index is 0.174. The van der Waals surface area contributed by atoms with E-state index in [0.29, 0.717) is 18.1 Å². The Hall–Kier alpha value is -1.65. The smallest absolute Gasteiger partial charge is 0.276 e. The molecule has 2 N–H and O–H groups in total. The van der Waals surface area contributed by atoms with Crippen molar-refractivity contribution >= 4 is 17.7 Å². The summed E-state index contributed by atoms with van der Waals surface area (Å²) in [5.74, 6) is 0.458. The lowest BCUT2D eigenvalue weighted by Crippen LogP contribution is -2.18. The maximum atomic E-state index is 11.0. The van der Waals surface area contributed by atoms with Gasteiger partial charge in [-0.25, -0.2) is 9.98 Å². The molecule has 5 nitrogen and oxygen atoms in total. The van der Waals surface area contributed by atoms with Gasteiger partial charge >= 0.3 is 0 Å². The molecule has 1 aliphatic rings. The van der Waals surface area contributed by atoms with E-state index in [0.717, 1.165) is 0 Å². The molecule has 0 saturated carbocycles. The van der Waals surface area contributed by atoms with Gasteiger partial charge in [0.1, 0.15) is 5.69 Å². The van der Waals surface area contributed by atoms with E-state index >= 15 is 0 Å². The number of hydrogen-bond acceptors (Lipinski definition) is 4. The summed E-state index contributed by atoms with van der Waals surface area (Å²) < 4.78 is 0. The van der Waals surface area contributed by atoms with Crippen LogP contribution < -0.4 is 10.9 Å². The van der Waals surface area contributed by atoms with Crippen LogP contribution in [0.25, 0.3) is 0 Å². The molecule has 5 heteroatoms. The topological polar surface area (TPSA) is 70.1 Å². The molecular weight excluding hydrogens is 144 g/mol. The minimum Gasteiger partial charge on any atom is -0.372 e. The van der Waals surface area contributed by atoms with Crippen LogP contribution >= 0.6 is 0 Å². The van der Waals surface area contributed by atoms with E-state index in [1.165, 1.54) is 6.33 Å². The molecule has 1 aromatic rings. The van der Waals surface area contributed by atoms with E-state index in [1.807, 2.05) is 0 Å². The standard InChI is InChI=1S/C6H6N4O/c11-6-4-5(9-3-10-6)8-2-1-7-4/h2-3,7H,1H2,(H,9,10,11). The summed E-state index contributed by atoms with van der Waals surface area (Å²) in [5, 5.41) is 2.88. The summed E-state index contributed by atoms with van der Waals surface area (Å²) in [5.41, 5.74) is 0.279. The number of hydrogen-bond donors (Lipinski definition) is 2. The molecule has 0 atom stereocenters. The number of H-pyrrole nitrogens is 1. The van der Waals surface area contributed by atoms with Gasteiger partial charge in [0.05, 0.1) is 12.9 Å². The highest BCUT2D eigenvalue weighted by molar-refractivity contribution is 5.77. The quantitative estimate of drug-likeness (QED) is 0.542. The molecule has 0 unspecified atom stereocenters. The van der Waals surface area contributed by atoms with Gasteiger partial charge < -0.3 is 10.3 Å². The zero-order valence-electron chi connectivity index (χ0n) is 5.66. The molecule has 1 aliphatic heterocycles. The van der Waals surface area contributed by atoms with Crippen LogP contribution in [0.5, 0.6) is 0 Å². The van der Waals surface area contributed by atoms with Crippen molar-refractivity contribution in [1.82, 2.24) is 9.97 Å². The van der Waals surface area contributed by atoms with Gasteiger partial charge in [0.2, 0.25) is 0 Å². The molecule has 0 amide bonds. The Morgan fingerprint density at radius 3 is 3.27 bits per heavy atom. The molecular formula is C6H6N4O. The molecule has 0 spiro atoms. The summed E-state index contributed by atoms with van der Waals surface area (Å²) in [7, 11) is 0. The predicted octanol–water partition coefficient (Wildman–Crippen LogP) is -0.102. The number of rotatable bonds is 0. The van der Waals surface area contributed by atoms with Crippen LogP contribution in [0.1, 0.15) is 0 Å². The molecule has 2 rings (SSSR count). The minimum atomic E-state index is -0.174. The number of aromatic nitrogens is 2. The first-order chi connectivity index (χ1) is 5.38. The molecule has 56 valence electrons. The average molecular weight is 150 g/mol. The fraction of sp³-hybridized carbons (Fsp3) is 0.167. The van der Waals surface area contributed by atoms with E-state index in [2.05, 4.69) is 20.3 Å². The van der Waals surface area contributed by atoms with Crippen molar-refractivity contribution in [3.05, 3.63) is 16.7 Å². The Kier molecular flexibility index (Phi) is 1.21. The number of fused-ring (bicyclic) bond motifs is 1. The van der Waals surface area contributed by atoms with Crippen molar-refractivity contribution in [2.45, 2.75) is 0 Å². The number of anilines is 1. The van der Waals surface area contributed by atoms with Crippen LogP contribution in [0.3, 0.4) is 0 Å². The van der Waals surface area contributed by atoms with Crippen LogP contribution in [-0.4, -0.2) is 22.7 Å². The van der Waals surface area contributed by atoms with Crippen molar-refractivity contribution in [1.29, 1.82) is 0 Å². The zero-order chi connectivity index (χ0) is 7.68. The second kappa shape index (κ2) is 2.19. The van der Waals surface area contributed by atoms with E-state index in [9.17, 15) is 4.79 Å². The Morgan fingerprint density at radius 1 is 1.55 bits per heavy atom. The average Bonchev–Trinajstić information content (AvgIpc) is 2.06. The van der Waals surface area contributed by atoms with Crippen molar-refractivity contribution in [2.75, 3.05) is 11.9 Å². The molecule has 0 radical (unpaired) electrons. The molecule has 0 aliphatic carbocycles. The third kappa shape index (κ3) is 0.899. The van der Waals surface area contributed by atoms with Gasteiger partial charge in [0.25, 0.3) is 5.56 Å². The maximum absolute atomic E-state index is 11.0. The first-order valence-electron chi connectivity index (χ1n) is 3.22. The molecule has 0 saturated heterocycles. The Labute approximate surface area is 62.2 Å². The number of nitrogens with one attached hydrogen (secondary N) is 2. The third-order valence-corrected chi connectivity index (χ3v) is 1.42. The van der Waals surface area contributed by atoms with Gasteiger partial charge in [-0.2, -0.15) is 0 Å². The van der Waals surface area contributed by atoms with Crippen molar-refractivity contribution in [3.8, 4) is 0 Å². The summed E-state index contributed by atoms with van der Waals surface area (Å²) in [4.78, 5) is 21.3. The molecule has 0 bridgehead atoms. The van der Waals surface area contributed by atoms with E-state index in [1.54, 1.807) is 6.21 Å². The van der Waals surface area contributed by atoms with Crippen LogP contribution in [0.2, 0.25) is 0 Å². The van der Waals surface area contributed by atoms with E-state index < -0.39 is 0 Å². The Morgan fingerprint density at radius 2 is 2.45 bits per heavy atom. The van der Waals surface area contributed by atoms with Gasteiger partial charge in [-0.15, -0.1) is 0 Å². The number of aromatic amines is 1. The lowest BCUT2D eigenvalue weighted by Gasteiger charge is -2.07. The van der Waals surface area contributed by atoms with E-state index in [-0.39, 0.29) is 5.56 Å². The third-order valence-electron chi connectivity index (χ3n) is 1.42. The fourth-order valence-electron chi connectivity index (χ4n) is 0.927. The van der Waals surface area contributed by atoms with Gasteiger partial charge in [-0.05, 0) is 0 Å². The largest absolute Gasteiger partial charge is 0.372 e. The molecule has 1 aromatic heterocycles. The normalized spacial score (nSPS) is 13.8. The van der Waals surface area contributed by atoms with Gasteiger partial charge in [-0.3, -0.25) is 4.79 Å². The predicted molar refractivity (Wildman–Crippen MR) is 41.5 cm³/mol. The Bertz CT molecular complexity index is 354. The lowest BCUT2D eigenvalue weighted by atomic mass is 10.4. The first kappa shape index (κ1) is 6.09. The second-order valence-electron chi connectivity index (χ2n) is 2.12. The second-order valence-corrected chi connectivity index (χ2v) is 2.12. The van der Waals surface area contributed by atoms with E-state index in [4.69, 9.17) is 0 Å². The van der Waals surface area contributed by atoms with Gasteiger partial charge in [0.15, 0.2) is 5.82 Å². The lowest BCUT2D eigenvalue weighted by molar-refractivity contribution is 1.09.